The molecule has 5 heteroatoms. The van der Waals surface area contributed by atoms with Crippen molar-refractivity contribution in [2.45, 2.75) is 51.9 Å². The first-order valence-electron chi connectivity index (χ1n) is 10.3. The molecule has 0 heterocycles. The molecule has 5 nitrogen and oxygen atoms in total. The largest absolute Gasteiger partial charge is 0.491 e. The average Bonchev–Trinajstić information content (AvgIpc) is 2.61. The molecule has 154 valence electrons. The number of rotatable bonds is 16. The van der Waals surface area contributed by atoms with E-state index in [1.54, 1.807) is 0 Å². The lowest BCUT2D eigenvalue weighted by Gasteiger charge is -2.27. The zero-order valence-corrected chi connectivity index (χ0v) is 17.4. The fourth-order valence-electron chi connectivity index (χ4n) is 2.94. The third-order valence-corrected chi connectivity index (χ3v) is 4.64. The van der Waals surface area contributed by atoms with E-state index < -0.39 is 5.97 Å². The fraction of sp³-hybridized carbons (Fsp3) is 0.682. The van der Waals surface area contributed by atoms with Crippen molar-refractivity contribution >= 4 is 5.97 Å². The Hall–Kier alpha value is -1.59. The average molecular weight is 381 g/mol. The van der Waals surface area contributed by atoms with Crippen molar-refractivity contribution in [3.63, 3.8) is 0 Å². The van der Waals surface area contributed by atoms with Gasteiger partial charge in [0.25, 0.3) is 0 Å². The molecule has 0 spiro atoms. The molecule has 0 aromatic heterocycles. The minimum absolute atomic E-state index is 0.102. The van der Waals surface area contributed by atoms with E-state index in [9.17, 15) is 4.79 Å². The van der Waals surface area contributed by atoms with E-state index in [0.717, 1.165) is 12.2 Å². The van der Waals surface area contributed by atoms with Crippen LogP contribution in [0.2, 0.25) is 0 Å². The molecule has 0 atom stereocenters. The summed E-state index contributed by atoms with van der Waals surface area (Å²) in [5.74, 6) is 0.0792. The van der Waals surface area contributed by atoms with Gasteiger partial charge in [-0.1, -0.05) is 51.2 Å². The lowest BCUT2D eigenvalue weighted by Crippen LogP contribution is -2.46. The van der Waals surface area contributed by atoms with E-state index in [4.69, 9.17) is 14.6 Å². The Bertz CT molecular complexity index is 514. The maximum Gasteiger partial charge on any atom is 0.359 e. The summed E-state index contributed by atoms with van der Waals surface area (Å²) in [6.45, 7) is 4.55. The standard InChI is InChI=1S/C22H37NO4/c1-4-5-6-7-8-9-10-20-11-13-21(14-12-20)27-18-17-26-16-15-23(2,3)19-22(24)25/h11-14H,4-10,15-19H2,1-3H3/p+1. The number of ether oxygens (including phenoxy) is 2. The maximum atomic E-state index is 10.8. The van der Waals surface area contributed by atoms with Crippen LogP contribution in [0.3, 0.4) is 0 Å². The number of aryl methyl sites for hydroxylation is 1. The Kier molecular flexibility index (Phi) is 11.8. The molecule has 0 fully saturated rings. The van der Waals surface area contributed by atoms with Crippen molar-refractivity contribution in [2.24, 2.45) is 0 Å². The van der Waals surface area contributed by atoms with Gasteiger partial charge in [0.05, 0.1) is 27.3 Å². The van der Waals surface area contributed by atoms with Crippen LogP contribution in [-0.4, -0.2) is 62.6 Å². The van der Waals surface area contributed by atoms with Gasteiger partial charge in [0.2, 0.25) is 0 Å². The first kappa shape index (κ1) is 23.4. The smallest absolute Gasteiger partial charge is 0.359 e. The molecule has 1 aromatic rings. The molecule has 0 aliphatic rings. The molecule has 1 N–H and O–H groups in total. The van der Waals surface area contributed by atoms with Crippen LogP contribution in [-0.2, 0) is 16.0 Å². The van der Waals surface area contributed by atoms with Gasteiger partial charge >= 0.3 is 5.97 Å². The second-order valence-corrected chi connectivity index (χ2v) is 7.83. The number of likely N-dealkylation sites (N-methyl/N-ethyl adjacent to an activating group) is 1. The molecule has 27 heavy (non-hydrogen) atoms. The van der Waals surface area contributed by atoms with Gasteiger partial charge in [-0.25, -0.2) is 4.79 Å². The highest BCUT2D eigenvalue weighted by Gasteiger charge is 2.18. The zero-order chi connectivity index (χ0) is 20.0. The molecule has 0 amide bonds. The minimum atomic E-state index is -0.789. The normalized spacial score (nSPS) is 11.5. The third-order valence-electron chi connectivity index (χ3n) is 4.64. The topological polar surface area (TPSA) is 55.8 Å². The first-order valence-corrected chi connectivity index (χ1v) is 10.3. The molecule has 0 aliphatic carbocycles. The van der Waals surface area contributed by atoms with Crippen LogP contribution >= 0.6 is 0 Å². The number of carbonyl (C=O) groups is 1. The van der Waals surface area contributed by atoms with Crippen molar-refractivity contribution in [2.75, 3.05) is 47.0 Å². The number of hydrogen-bond acceptors (Lipinski definition) is 3. The molecule has 0 saturated heterocycles. The SMILES string of the molecule is CCCCCCCCc1ccc(OCCOCC[N+](C)(C)CC(=O)O)cc1. The molecule has 0 bridgehead atoms. The molecule has 0 aliphatic heterocycles. The van der Waals surface area contributed by atoms with Gasteiger partial charge in [-0.05, 0) is 30.5 Å². The van der Waals surface area contributed by atoms with Crippen molar-refractivity contribution in [1.29, 1.82) is 0 Å². The van der Waals surface area contributed by atoms with Crippen LogP contribution in [0.25, 0.3) is 0 Å². The number of carboxylic acids is 1. The predicted molar refractivity (Wildman–Crippen MR) is 109 cm³/mol. The Morgan fingerprint density at radius 2 is 1.63 bits per heavy atom. The van der Waals surface area contributed by atoms with Crippen molar-refractivity contribution in [3.05, 3.63) is 29.8 Å². The van der Waals surface area contributed by atoms with Gasteiger partial charge in [0.15, 0.2) is 6.54 Å². The van der Waals surface area contributed by atoms with E-state index in [2.05, 4.69) is 19.1 Å². The molecular formula is C22H38NO4+. The summed E-state index contributed by atoms with van der Waals surface area (Å²) in [6, 6.07) is 8.35. The third kappa shape index (κ3) is 12.4. The zero-order valence-electron chi connectivity index (χ0n) is 17.4. The van der Waals surface area contributed by atoms with E-state index in [1.165, 1.54) is 44.1 Å². The summed E-state index contributed by atoms with van der Waals surface area (Å²) in [5.41, 5.74) is 1.37. The Balaban J connectivity index is 2.09. The highest BCUT2D eigenvalue weighted by atomic mass is 16.5. The quantitative estimate of drug-likeness (QED) is 0.346. The van der Waals surface area contributed by atoms with Crippen molar-refractivity contribution < 1.29 is 23.9 Å². The van der Waals surface area contributed by atoms with Crippen LogP contribution < -0.4 is 4.74 Å². The second kappa shape index (κ2) is 13.6. The Morgan fingerprint density at radius 1 is 0.963 bits per heavy atom. The monoisotopic (exact) mass is 380 g/mol. The summed E-state index contributed by atoms with van der Waals surface area (Å²) < 4.78 is 11.7. The minimum Gasteiger partial charge on any atom is -0.491 e. The first-order chi connectivity index (χ1) is 12.9. The number of quaternary nitrogens is 1. The van der Waals surface area contributed by atoms with E-state index in [1.807, 2.05) is 26.2 Å². The van der Waals surface area contributed by atoms with Crippen LogP contribution in [0.4, 0.5) is 0 Å². The number of hydrogen-bond donors (Lipinski definition) is 1. The van der Waals surface area contributed by atoms with Gasteiger partial charge in [-0.3, -0.25) is 0 Å². The summed E-state index contributed by atoms with van der Waals surface area (Å²) in [5, 5.41) is 8.85. The maximum absolute atomic E-state index is 10.8. The van der Waals surface area contributed by atoms with E-state index in [-0.39, 0.29) is 6.54 Å². The fourth-order valence-corrected chi connectivity index (χ4v) is 2.94. The van der Waals surface area contributed by atoms with Gasteiger partial charge < -0.3 is 19.1 Å². The van der Waals surface area contributed by atoms with Gasteiger partial charge in [-0.2, -0.15) is 0 Å². The summed E-state index contributed by atoms with van der Waals surface area (Å²) >= 11 is 0. The number of nitrogens with zero attached hydrogens (tertiary/aromatic N) is 1. The summed E-state index contributed by atoms with van der Waals surface area (Å²) in [6.07, 6.45) is 9.08. The van der Waals surface area contributed by atoms with E-state index >= 15 is 0 Å². The number of carboxylic acid groups (broad SMARTS) is 1. The molecular weight excluding hydrogens is 342 g/mol. The van der Waals surface area contributed by atoms with Gasteiger partial charge in [-0.15, -0.1) is 0 Å². The molecule has 0 unspecified atom stereocenters. The number of benzene rings is 1. The van der Waals surface area contributed by atoms with E-state index in [0.29, 0.717) is 30.8 Å². The Labute approximate surface area is 164 Å². The van der Waals surface area contributed by atoms with Crippen LogP contribution in [0.1, 0.15) is 51.0 Å². The molecule has 0 radical (unpaired) electrons. The molecule has 0 saturated carbocycles. The van der Waals surface area contributed by atoms with Crippen LogP contribution in [0.5, 0.6) is 5.75 Å². The van der Waals surface area contributed by atoms with Crippen LogP contribution in [0.15, 0.2) is 24.3 Å². The molecule has 1 aromatic carbocycles. The summed E-state index contributed by atoms with van der Waals surface area (Å²) in [4.78, 5) is 10.8. The predicted octanol–water partition coefficient (Wildman–Crippen LogP) is 4.15. The summed E-state index contributed by atoms with van der Waals surface area (Å²) in [7, 11) is 3.78. The number of aliphatic carboxylic acids is 1. The van der Waals surface area contributed by atoms with Gasteiger partial charge in [0.1, 0.15) is 18.9 Å². The van der Waals surface area contributed by atoms with Gasteiger partial charge in [0, 0.05) is 0 Å². The lowest BCUT2D eigenvalue weighted by molar-refractivity contribution is -0.883. The van der Waals surface area contributed by atoms with Crippen molar-refractivity contribution in [1.82, 2.24) is 0 Å². The number of unbranched alkanes of at least 4 members (excludes halogenated alkanes) is 5. The van der Waals surface area contributed by atoms with Crippen LogP contribution in [0, 0.1) is 0 Å². The highest BCUT2D eigenvalue weighted by Crippen LogP contribution is 2.15. The highest BCUT2D eigenvalue weighted by molar-refractivity contribution is 5.67. The lowest BCUT2D eigenvalue weighted by atomic mass is 10.0. The molecule has 1 rings (SSSR count). The Morgan fingerprint density at radius 3 is 2.30 bits per heavy atom. The second-order valence-electron chi connectivity index (χ2n) is 7.83. The van der Waals surface area contributed by atoms with Crippen molar-refractivity contribution in [3.8, 4) is 5.75 Å².